The first-order chi connectivity index (χ1) is 8.17. The van der Waals surface area contributed by atoms with E-state index in [1.807, 2.05) is 0 Å². The van der Waals surface area contributed by atoms with Crippen LogP contribution >= 0.6 is 0 Å². The number of ether oxygens (including phenoxy) is 2. The maximum absolute atomic E-state index is 11.2. The van der Waals surface area contributed by atoms with Crippen LogP contribution in [-0.2, 0) is 20.8 Å². The molecule has 0 atom stereocenters. The van der Waals surface area contributed by atoms with Gasteiger partial charge in [0.05, 0.1) is 26.3 Å². The van der Waals surface area contributed by atoms with E-state index in [1.54, 1.807) is 24.3 Å². The second-order valence-electron chi connectivity index (χ2n) is 3.18. The molecule has 0 saturated carbocycles. The summed E-state index contributed by atoms with van der Waals surface area (Å²) in [4.78, 5) is 25.8. The van der Waals surface area contributed by atoms with Crippen LogP contribution in [0.4, 0.5) is 0 Å². The van der Waals surface area contributed by atoms with Gasteiger partial charge in [0.1, 0.15) is 6.21 Å². The van der Waals surface area contributed by atoms with Crippen molar-refractivity contribution in [2.75, 3.05) is 14.2 Å². The molecule has 1 rings (SSSR count). The smallest absolute Gasteiger partial charge is 0.348 e. The number of hydrogen-bond donors (Lipinski definition) is 0. The average Bonchev–Trinajstić information content (AvgIpc) is 2.38. The van der Waals surface area contributed by atoms with Crippen LogP contribution in [0.3, 0.4) is 0 Å². The Morgan fingerprint density at radius 2 is 1.82 bits per heavy atom. The summed E-state index contributed by atoms with van der Waals surface area (Å²) < 4.78 is 8.98. The van der Waals surface area contributed by atoms with E-state index in [1.165, 1.54) is 14.2 Å². The van der Waals surface area contributed by atoms with Crippen molar-refractivity contribution in [1.82, 2.24) is 0 Å². The average molecular weight is 235 g/mol. The lowest BCUT2D eigenvalue weighted by atomic mass is 10.1. The first kappa shape index (κ1) is 12.9. The molecule has 0 amide bonds. The maximum Gasteiger partial charge on any atom is 0.348 e. The molecular weight excluding hydrogens is 222 g/mol. The molecule has 0 N–H and O–H groups in total. The van der Waals surface area contributed by atoms with Gasteiger partial charge in [-0.3, -0.25) is 4.99 Å². The van der Waals surface area contributed by atoms with Crippen LogP contribution in [0.25, 0.3) is 0 Å². The summed E-state index contributed by atoms with van der Waals surface area (Å²) >= 11 is 0. The predicted octanol–water partition coefficient (Wildman–Crippen LogP) is 1.22. The molecule has 1 aromatic carbocycles. The molecule has 0 unspecified atom stereocenters. The fourth-order valence-electron chi connectivity index (χ4n) is 1.14. The molecule has 5 heteroatoms. The molecule has 0 aromatic heterocycles. The van der Waals surface area contributed by atoms with Gasteiger partial charge >= 0.3 is 11.9 Å². The Kier molecular flexibility index (Phi) is 4.87. The third-order valence-electron chi connectivity index (χ3n) is 2.05. The van der Waals surface area contributed by atoms with Crippen LogP contribution < -0.4 is 0 Å². The maximum atomic E-state index is 11.2. The molecule has 0 spiro atoms. The lowest BCUT2D eigenvalue weighted by Crippen LogP contribution is -2.02. The Bertz CT molecular complexity index is 423. The predicted molar refractivity (Wildman–Crippen MR) is 62.0 cm³/mol. The van der Waals surface area contributed by atoms with Crippen LogP contribution in [0, 0.1) is 0 Å². The number of hydrogen-bond acceptors (Lipinski definition) is 5. The highest BCUT2D eigenvalue weighted by molar-refractivity contribution is 6.23. The largest absolute Gasteiger partial charge is 0.465 e. The third-order valence-corrected chi connectivity index (χ3v) is 2.05. The highest BCUT2D eigenvalue weighted by atomic mass is 16.5. The second kappa shape index (κ2) is 6.42. The van der Waals surface area contributed by atoms with Crippen LogP contribution in [-0.4, -0.2) is 32.4 Å². The highest BCUT2D eigenvalue weighted by Crippen LogP contribution is 2.06. The number of carbonyl (C=O) groups is 2. The van der Waals surface area contributed by atoms with E-state index < -0.39 is 5.97 Å². The molecule has 0 saturated heterocycles. The minimum absolute atomic E-state index is 0.358. The van der Waals surface area contributed by atoms with Gasteiger partial charge in [-0.2, -0.15) is 0 Å². The molecule has 0 aliphatic rings. The first-order valence-electron chi connectivity index (χ1n) is 4.92. The van der Waals surface area contributed by atoms with E-state index in [2.05, 4.69) is 14.5 Å². The zero-order valence-corrected chi connectivity index (χ0v) is 9.67. The van der Waals surface area contributed by atoms with Crippen molar-refractivity contribution in [2.24, 2.45) is 4.99 Å². The summed E-state index contributed by atoms with van der Waals surface area (Å²) in [7, 11) is 2.62. The molecule has 1 aromatic rings. The number of esters is 2. The summed E-state index contributed by atoms with van der Waals surface area (Å²) in [5.41, 5.74) is 1.37. The molecule has 0 fully saturated rings. The Balaban J connectivity index is 2.60. The fourth-order valence-corrected chi connectivity index (χ4v) is 1.14. The monoisotopic (exact) mass is 235 g/mol. The van der Waals surface area contributed by atoms with E-state index in [0.717, 1.165) is 11.8 Å². The zero-order chi connectivity index (χ0) is 12.7. The Hall–Kier alpha value is -2.17. The van der Waals surface area contributed by atoms with E-state index >= 15 is 0 Å². The molecule has 0 radical (unpaired) electrons. The van der Waals surface area contributed by atoms with Crippen LogP contribution in [0.1, 0.15) is 15.9 Å². The van der Waals surface area contributed by atoms with Crippen molar-refractivity contribution < 1.29 is 19.1 Å². The van der Waals surface area contributed by atoms with E-state index in [-0.39, 0.29) is 5.97 Å². The van der Waals surface area contributed by atoms with Crippen molar-refractivity contribution in [1.29, 1.82) is 0 Å². The lowest BCUT2D eigenvalue weighted by Gasteiger charge is -2.00. The fraction of sp³-hybridized carbons (Fsp3) is 0.250. The Morgan fingerprint density at radius 3 is 2.35 bits per heavy atom. The van der Waals surface area contributed by atoms with Gasteiger partial charge < -0.3 is 9.47 Å². The van der Waals surface area contributed by atoms with Gasteiger partial charge in [0, 0.05) is 0 Å². The quantitative estimate of drug-likeness (QED) is 0.581. The van der Waals surface area contributed by atoms with Crippen molar-refractivity contribution in [3.63, 3.8) is 0 Å². The van der Waals surface area contributed by atoms with Crippen molar-refractivity contribution in [3.05, 3.63) is 35.4 Å². The molecular formula is C12H13NO4. The summed E-state index contributed by atoms with van der Waals surface area (Å²) in [6.07, 6.45) is 1.12. The molecule has 5 nitrogen and oxygen atoms in total. The van der Waals surface area contributed by atoms with E-state index in [4.69, 9.17) is 0 Å². The number of methoxy groups -OCH3 is 2. The normalized spacial score (nSPS) is 10.2. The van der Waals surface area contributed by atoms with Crippen molar-refractivity contribution in [3.8, 4) is 0 Å². The topological polar surface area (TPSA) is 65.0 Å². The number of aliphatic imine (C=N–C) groups is 1. The lowest BCUT2D eigenvalue weighted by molar-refractivity contribution is -0.132. The summed E-state index contributed by atoms with van der Waals surface area (Å²) in [5, 5.41) is 0. The number of benzene rings is 1. The number of carbonyl (C=O) groups excluding carboxylic acids is 2. The van der Waals surface area contributed by atoms with Gasteiger partial charge in [0.25, 0.3) is 0 Å². The van der Waals surface area contributed by atoms with E-state index in [9.17, 15) is 9.59 Å². The van der Waals surface area contributed by atoms with Crippen molar-refractivity contribution in [2.45, 2.75) is 6.54 Å². The molecule has 17 heavy (non-hydrogen) atoms. The van der Waals surface area contributed by atoms with Crippen LogP contribution in [0.15, 0.2) is 29.3 Å². The van der Waals surface area contributed by atoms with Crippen LogP contribution in [0.5, 0.6) is 0 Å². The Morgan fingerprint density at radius 1 is 1.18 bits per heavy atom. The molecule has 90 valence electrons. The van der Waals surface area contributed by atoms with Crippen molar-refractivity contribution >= 4 is 18.2 Å². The SMILES string of the molecule is COC(=O)C=NCc1ccc(C(=O)OC)cc1. The second-order valence-corrected chi connectivity index (χ2v) is 3.18. The van der Waals surface area contributed by atoms with Gasteiger partial charge in [-0.15, -0.1) is 0 Å². The number of nitrogens with zero attached hydrogens (tertiary/aromatic N) is 1. The number of rotatable bonds is 4. The summed E-state index contributed by atoms with van der Waals surface area (Å²) in [6.45, 7) is 0.358. The van der Waals surface area contributed by atoms with Crippen LogP contribution in [0.2, 0.25) is 0 Å². The van der Waals surface area contributed by atoms with Gasteiger partial charge in [0.15, 0.2) is 0 Å². The Labute approximate surface area is 99.1 Å². The minimum Gasteiger partial charge on any atom is -0.465 e. The first-order valence-corrected chi connectivity index (χ1v) is 4.92. The third kappa shape index (κ3) is 4.06. The highest BCUT2D eigenvalue weighted by Gasteiger charge is 2.03. The molecule has 0 heterocycles. The van der Waals surface area contributed by atoms with Gasteiger partial charge in [0.2, 0.25) is 0 Å². The zero-order valence-electron chi connectivity index (χ0n) is 9.67. The minimum atomic E-state index is -0.490. The molecule has 0 bridgehead atoms. The standard InChI is InChI=1S/C12H13NO4/c1-16-11(14)8-13-7-9-3-5-10(6-4-9)12(15)17-2/h3-6,8H,7H2,1-2H3. The van der Waals surface area contributed by atoms with Gasteiger partial charge in [-0.1, -0.05) is 12.1 Å². The van der Waals surface area contributed by atoms with E-state index in [0.29, 0.717) is 12.1 Å². The molecule has 0 aliphatic heterocycles. The summed E-state index contributed by atoms with van der Waals surface area (Å²) in [6, 6.07) is 6.80. The molecule has 0 aliphatic carbocycles. The van der Waals surface area contributed by atoms with Gasteiger partial charge in [-0.25, -0.2) is 9.59 Å². The van der Waals surface area contributed by atoms with Gasteiger partial charge in [-0.05, 0) is 17.7 Å². The summed E-state index contributed by atoms with van der Waals surface area (Å²) in [5.74, 6) is -0.870.